The van der Waals surface area contributed by atoms with Gasteiger partial charge in [-0.05, 0) is 82.5 Å². The zero-order valence-corrected chi connectivity index (χ0v) is 28.6. The zero-order chi connectivity index (χ0) is 34.1. The molecule has 1 aliphatic heterocycles. The molecule has 0 fully saturated rings. The van der Waals surface area contributed by atoms with Gasteiger partial charge in [-0.3, -0.25) is 14.6 Å². The van der Waals surface area contributed by atoms with E-state index in [0.717, 1.165) is 18.4 Å². The van der Waals surface area contributed by atoms with Crippen LogP contribution in [0, 0.1) is 12.8 Å². The summed E-state index contributed by atoms with van der Waals surface area (Å²) in [7, 11) is -2.25. The number of aryl methyl sites for hydroxylation is 1. The maximum absolute atomic E-state index is 14.3. The first kappa shape index (κ1) is 36.0. The molecule has 2 amide bonds. The number of nitrogens with zero attached hydrogens (tertiary/aromatic N) is 3. The normalized spacial score (nSPS) is 20.5. The van der Waals surface area contributed by atoms with Gasteiger partial charge in [-0.15, -0.1) is 0 Å². The monoisotopic (exact) mass is 666 g/mol. The number of likely N-dealkylation sites (N-methyl/N-ethyl adjacent to an activating group) is 1. The predicted octanol–water partition coefficient (Wildman–Crippen LogP) is 4.76. The fourth-order valence-corrected chi connectivity index (χ4v) is 6.59. The molecule has 47 heavy (non-hydrogen) atoms. The number of aliphatic hydroxyl groups is 1. The van der Waals surface area contributed by atoms with Crippen LogP contribution in [0.4, 0.5) is 5.69 Å². The van der Waals surface area contributed by atoms with E-state index in [1.807, 2.05) is 20.8 Å². The highest BCUT2D eigenvalue weighted by Gasteiger charge is 2.32. The van der Waals surface area contributed by atoms with Crippen molar-refractivity contribution in [3.8, 4) is 5.75 Å². The van der Waals surface area contributed by atoms with E-state index >= 15 is 0 Å². The number of carbonyl (C=O) groups excluding carboxylic acids is 2. The number of fused-ring (bicyclic) bond motifs is 1. The average Bonchev–Trinajstić information content (AvgIpc) is 3.06. The molecule has 4 rings (SSSR count). The summed E-state index contributed by atoms with van der Waals surface area (Å²) < 4.78 is 40.8. The lowest BCUT2D eigenvalue weighted by Crippen LogP contribution is -2.48. The lowest BCUT2D eigenvalue weighted by Gasteiger charge is -2.35. The van der Waals surface area contributed by atoms with Crippen LogP contribution in [0.2, 0.25) is 0 Å². The summed E-state index contributed by atoms with van der Waals surface area (Å²) in [6, 6.07) is 14.3. The quantitative estimate of drug-likeness (QED) is 0.351. The largest absolute Gasteiger partial charge is 0.490 e. The van der Waals surface area contributed by atoms with Crippen LogP contribution in [-0.4, -0.2) is 91.1 Å². The first-order valence-electron chi connectivity index (χ1n) is 16.0. The van der Waals surface area contributed by atoms with Gasteiger partial charge in [-0.2, -0.15) is 4.31 Å². The van der Waals surface area contributed by atoms with E-state index in [2.05, 4.69) is 10.3 Å². The van der Waals surface area contributed by atoms with Gasteiger partial charge in [0.25, 0.3) is 11.8 Å². The summed E-state index contributed by atoms with van der Waals surface area (Å²) >= 11 is 0. The van der Waals surface area contributed by atoms with Crippen molar-refractivity contribution >= 4 is 27.5 Å². The number of hydrogen-bond donors (Lipinski definition) is 2. The van der Waals surface area contributed by atoms with E-state index in [1.165, 1.54) is 23.7 Å². The van der Waals surface area contributed by atoms with E-state index in [4.69, 9.17) is 9.47 Å². The van der Waals surface area contributed by atoms with Crippen LogP contribution in [-0.2, 0) is 14.8 Å². The summed E-state index contributed by atoms with van der Waals surface area (Å²) in [4.78, 5) is 32.9. The Morgan fingerprint density at radius 3 is 2.49 bits per heavy atom. The maximum atomic E-state index is 14.3. The van der Waals surface area contributed by atoms with E-state index in [9.17, 15) is 23.1 Å². The third-order valence-corrected chi connectivity index (χ3v) is 10.3. The van der Waals surface area contributed by atoms with E-state index < -0.39 is 28.1 Å². The van der Waals surface area contributed by atoms with Crippen molar-refractivity contribution in [1.29, 1.82) is 0 Å². The summed E-state index contributed by atoms with van der Waals surface area (Å²) in [6.45, 7) is 7.87. The van der Waals surface area contributed by atoms with E-state index in [-0.39, 0.29) is 48.1 Å². The summed E-state index contributed by atoms with van der Waals surface area (Å²) in [5.74, 6) is -0.684. The minimum atomic E-state index is -3.79. The van der Waals surface area contributed by atoms with Crippen LogP contribution < -0.4 is 10.1 Å². The number of carbonyl (C=O) groups is 2. The topological polar surface area (TPSA) is 138 Å². The molecular weight excluding hydrogens is 620 g/mol. The molecule has 0 saturated heterocycles. The highest BCUT2D eigenvalue weighted by molar-refractivity contribution is 7.89. The Labute approximate surface area is 278 Å². The summed E-state index contributed by atoms with van der Waals surface area (Å²) in [6.07, 6.45) is 4.55. The van der Waals surface area contributed by atoms with Gasteiger partial charge in [0.05, 0.1) is 35.3 Å². The molecule has 0 unspecified atom stereocenters. The van der Waals surface area contributed by atoms with Gasteiger partial charge >= 0.3 is 0 Å². The van der Waals surface area contributed by atoms with Crippen molar-refractivity contribution in [2.45, 2.75) is 70.1 Å². The number of pyridine rings is 1. The smallest absolute Gasteiger partial charge is 0.258 e. The van der Waals surface area contributed by atoms with Crippen LogP contribution in [0.15, 0.2) is 71.9 Å². The van der Waals surface area contributed by atoms with Crippen LogP contribution in [0.5, 0.6) is 5.75 Å². The third-order valence-electron chi connectivity index (χ3n) is 8.42. The molecule has 1 aromatic heterocycles. The van der Waals surface area contributed by atoms with Gasteiger partial charge in [-0.25, -0.2) is 8.42 Å². The Kier molecular flexibility index (Phi) is 12.5. The fraction of sp³-hybridized carbons (Fsp3) is 0.457. The molecule has 11 nitrogen and oxygen atoms in total. The van der Waals surface area contributed by atoms with Crippen molar-refractivity contribution in [2.24, 2.45) is 5.92 Å². The van der Waals surface area contributed by atoms with Crippen LogP contribution >= 0.6 is 0 Å². The highest BCUT2D eigenvalue weighted by atomic mass is 32.2. The Hall–Kier alpha value is -3.84. The van der Waals surface area contributed by atoms with Gasteiger partial charge in [0.15, 0.2) is 0 Å². The Balaban J connectivity index is 1.65. The molecule has 0 aliphatic carbocycles. The number of hydrogen-bond acceptors (Lipinski definition) is 8. The van der Waals surface area contributed by atoms with Gasteiger partial charge in [0.2, 0.25) is 10.0 Å². The predicted molar refractivity (Wildman–Crippen MR) is 180 cm³/mol. The molecule has 2 heterocycles. The summed E-state index contributed by atoms with van der Waals surface area (Å²) in [5, 5.41) is 13.1. The molecule has 254 valence electrons. The second-order valence-electron chi connectivity index (χ2n) is 12.3. The number of amides is 2. The second-order valence-corrected chi connectivity index (χ2v) is 14.3. The number of ether oxygens (including phenoxy) is 2. The van der Waals surface area contributed by atoms with Crippen LogP contribution in [0.3, 0.4) is 0 Å². The Morgan fingerprint density at radius 1 is 1.11 bits per heavy atom. The molecule has 2 N–H and O–H groups in total. The van der Waals surface area contributed by atoms with Crippen molar-refractivity contribution in [1.82, 2.24) is 14.2 Å². The molecule has 12 heteroatoms. The molecule has 0 saturated carbocycles. The Morgan fingerprint density at radius 2 is 1.81 bits per heavy atom. The lowest BCUT2D eigenvalue weighted by atomic mass is 10.0. The van der Waals surface area contributed by atoms with Crippen molar-refractivity contribution in [3.63, 3.8) is 0 Å². The first-order valence-corrected chi connectivity index (χ1v) is 17.4. The van der Waals surface area contributed by atoms with Crippen molar-refractivity contribution in [3.05, 3.63) is 83.7 Å². The van der Waals surface area contributed by atoms with Gasteiger partial charge in [0.1, 0.15) is 5.75 Å². The molecular formula is C35H46N4O7S. The average molecular weight is 667 g/mol. The molecule has 1 aliphatic rings. The number of sulfonamides is 1. The van der Waals surface area contributed by atoms with Gasteiger partial charge < -0.3 is 24.8 Å². The van der Waals surface area contributed by atoms with Crippen LogP contribution in [0.1, 0.15) is 66.3 Å². The number of aliphatic hydroxyl groups excluding tert-OH is 1. The molecule has 3 aromatic rings. The molecule has 0 spiro atoms. The van der Waals surface area contributed by atoms with Crippen molar-refractivity contribution < 1.29 is 32.6 Å². The summed E-state index contributed by atoms with van der Waals surface area (Å²) in [5.41, 5.74) is 2.03. The Bertz CT molecular complexity index is 1600. The molecule has 2 aromatic carbocycles. The maximum Gasteiger partial charge on any atom is 0.258 e. The van der Waals surface area contributed by atoms with Crippen molar-refractivity contribution in [2.75, 3.05) is 38.7 Å². The standard InChI is InChI=1S/C35H46N4O7S/c1-24-9-12-30(13-10-24)47(43,44)38(5)22-33-25(2)21-39(26(3)23-40)35(42)31-20-29(37-34(41)28-15-17-36-18-16-28)11-14-32(31)46-27(4)8-6-7-19-45-33/h9-18,20,25-27,33,40H,6-8,19,21-23H2,1-5H3,(H,37,41)/t25-,26-,27+,33+/m0/s1. The molecule has 0 bridgehead atoms. The van der Waals surface area contributed by atoms with Crippen LogP contribution in [0.25, 0.3) is 0 Å². The minimum absolute atomic E-state index is 0.0776. The van der Waals surface area contributed by atoms with Gasteiger partial charge in [0, 0.05) is 56.3 Å². The number of nitrogens with one attached hydrogen (secondary N) is 1. The highest BCUT2D eigenvalue weighted by Crippen LogP contribution is 2.29. The zero-order valence-electron chi connectivity index (χ0n) is 27.8. The molecule has 0 radical (unpaired) electrons. The fourth-order valence-electron chi connectivity index (χ4n) is 5.41. The van der Waals surface area contributed by atoms with Gasteiger partial charge in [-0.1, -0.05) is 24.6 Å². The number of rotatable bonds is 8. The SMILES string of the molecule is Cc1ccc(S(=O)(=O)N(C)C[C@H]2OCCCC[C@@H](C)Oc3ccc(NC(=O)c4ccncc4)cc3C(=O)N([C@@H](C)CO)C[C@@H]2C)cc1. The third kappa shape index (κ3) is 9.38. The lowest BCUT2D eigenvalue weighted by molar-refractivity contribution is -0.00834. The number of aromatic nitrogens is 1. The second kappa shape index (κ2) is 16.3. The molecule has 4 atom stereocenters. The number of benzene rings is 2. The first-order chi connectivity index (χ1) is 22.4. The van der Waals surface area contributed by atoms with E-state index in [0.29, 0.717) is 30.0 Å². The minimum Gasteiger partial charge on any atom is -0.490 e. The number of anilines is 1. The van der Waals surface area contributed by atoms with E-state index in [1.54, 1.807) is 66.4 Å².